The molecule has 4 fully saturated rings. The summed E-state index contributed by atoms with van der Waals surface area (Å²) in [5, 5.41) is 15.7. The van der Waals surface area contributed by atoms with Crippen LogP contribution in [0.2, 0.25) is 0 Å². The van der Waals surface area contributed by atoms with Crippen LogP contribution in [-0.4, -0.2) is 58.2 Å². The quantitative estimate of drug-likeness (QED) is 0.606. The third-order valence-corrected chi connectivity index (χ3v) is 7.62. The smallest absolute Gasteiger partial charge is 0.256 e. The Balaban J connectivity index is 1.45. The van der Waals surface area contributed by atoms with Gasteiger partial charge in [0.05, 0.1) is 23.1 Å². The maximum absolute atomic E-state index is 15.0. The van der Waals surface area contributed by atoms with E-state index in [1.807, 2.05) is 25.1 Å². The van der Waals surface area contributed by atoms with Crippen molar-refractivity contribution in [1.29, 1.82) is 5.26 Å². The molecule has 0 radical (unpaired) electrons. The van der Waals surface area contributed by atoms with E-state index in [0.29, 0.717) is 30.5 Å². The number of aromatic nitrogens is 1. The van der Waals surface area contributed by atoms with Gasteiger partial charge in [-0.25, -0.2) is 8.78 Å². The highest BCUT2D eigenvalue weighted by Crippen LogP contribution is 2.49. The molecule has 4 aliphatic rings. The van der Waals surface area contributed by atoms with Gasteiger partial charge in [0.25, 0.3) is 11.8 Å². The Hall–Kier alpha value is -3.48. The van der Waals surface area contributed by atoms with Gasteiger partial charge in [-0.15, -0.1) is 0 Å². The minimum absolute atomic E-state index is 0.0975. The Bertz CT molecular complexity index is 1240. The molecule has 3 aliphatic heterocycles. The third-order valence-electron chi connectivity index (χ3n) is 7.62. The number of benzene rings is 1. The molecule has 2 aromatic rings. The molecule has 184 valence electrons. The van der Waals surface area contributed by atoms with Gasteiger partial charge in [-0.3, -0.25) is 14.4 Å². The Labute approximate surface area is 201 Å². The Morgan fingerprint density at radius 1 is 1.31 bits per heavy atom. The molecule has 4 heterocycles. The number of amides is 3. The standard InChI is InChI=1S/C25H27F2N5O3/c1-13-9-14-3-2-4-18(20(14)30-13)24(35)32-17-5-6-19(25(26,27)11-17)21(32)23(34)31-16(12-28)10-15-7-8-29-22(15)33/h2-4,9,15-17,19,21,30H,5-8,10-11H2,1H3,(H,29,33)(H,31,34). The number of aromatic amines is 1. The van der Waals surface area contributed by atoms with Gasteiger partial charge in [0.2, 0.25) is 11.8 Å². The van der Waals surface area contributed by atoms with E-state index in [9.17, 15) is 28.4 Å². The minimum Gasteiger partial charge on any atom is -0.358 e. The summed E-state index contributed by atoms with van der Waals surface area (Å²) >= 11 is 0. The number of H-pyrrole nitrogens is 1. The molecule has 10 heteroatoms. The molecule has 3 saturated heterocycles. The van der Waals surface area contributed by atoms with Crippen molar-refractivity contribution in [3.8, 4) is 6.07 Å². The fourth-order valence-corrected chi connectivity index (χ4v) is 5.97. The summed E-state index contributed by atoms with van der Waals surface area (Å²) < 4.78 is 29.9. The molecule has 6 rings (SSSR count). The SMILES string of the molecule is Cc1cc2cccc(C(=O)N3C4CCC(C3C(=O)NC(C#N)CC3CCNC3=O)C(F)(F)C4)c2[nH]1. The normalized spacial score (nSPS) is 27.9. The van der Waals surface area contributed by atoms with Gasteiger partial charge in [0.1, 0.15) is 12.1 Å². The molecule has 0 spiro atoms. The average molecular weight is 484 g/mol. The van der Waals surface area contributed by atoms with Gasteiger partial charge in [0.15, 0.2) is 0 Å². The largest absolute Gasteiger partial charge is 0.358 e. The second kappa shape index (κ2) is 8.63. The maximum atomic E-state index is 15.0. The summed E-state index contributed by atoms with van der Waals surface area (Å²) in [4.78, 5) is 43.6. The topological polar surface area (TPSA) is 118 Å². The van der Waals surface area contributed by atoms with Crippen molar-refractivity contribution in [3.63, 3.8) is 0 Å². The highest BCUT2D eigenvalue weighted by atomic mass is 19.3. The highest BCUT2D eigenvalue weighted by molar-refractivity contribution is 6.07. The predicted molar refractivity (Wildman–Crippen MR) is 122 cm³/mol. The van der Waals surface area contributed by atoms with Crippen LogP contribution < -0.4 is 10.6 Å². The number of nitrogens with one attached hydrogen (secondary N) is 3. The molecule has 1 aliphatic carbocycles. The van der Waals surface area contributed by atoms with Gasteiger partial charge in [0, 0.05) is 36.0 Å². The van der Waals surface area contributed by atoms with Gasteiger partial charge in [-0.1, -0.05) is 12.1 Å². The van der Waals surface area contributed by atoms with Crippen molar-refractivity contribution >= 4 is 28.6 Å². The fraction of sp³-hybridized carbons (Fsp3) is 0.520. The number of fused-ring (bicyclic) bond motifs is 4. The molecule has 3 N–H and O–H groups in total. The van der Waals surface area contributed by atoms with Gasteiger partial charge < -0.3 is 20.5 Å². The first-order valence-electron chi connectivity index (χ1n) is 12.0. The van der Waals surface area contributed by atoms with E-state index in [2.05, 4.69) is 15.6 Å². The van der Waals surface area contributed by atoms with Crippen molar-refractivity contribution < 1.29 is 23.2 Å². The first-order valence-corrected chi connectivity index (χ1v) is 12.0. The first-order chi connectivity index (χ1) is 16.7. The van der Waals surface area contributed by atoms with E-state index >= 15 is 0 Å². The Kier molecular flexibility index (Phi) is 5.74. The Morgan fingerprint density at radius 3 is 2.80 bits per heavy atom. The molecule has 1 aromatic carbocycles. The van der Waals surface area contributed by atoms with Crippen molar-refractivity contribution in [2.45, 2.75) is 63.1 Å². The number of rotatable bonds is 5. The van der Waals surface area contributed by atoms with E-state index in [-0.39, 0.29) is 18.7 Å². The molecule has 35 heavy (non-hydrogen) atoms. The zero-order valence-electron chi connectivity index (χ0n) is 19.3. The average Bonchev–Trinajstić information content (AvgIpc) is 3.40. The monoisotopic (exact) mass is 483 g/mol. The number of carbonyl (C=O) groups is 3. The summed E-state index contributed by atoms with van der Waals surface area (Å²) in [5.41, 5.74) is 1.78. The van der Waals surface area contributed by atoms with E-state index < -0.39 is 54.1 Å². The molecule has 2 bridgehead atoms. The van der Waals surface area contributed by atoms with Crippen molar-refractivity contribution in [2.24, 2.45) is 11.8 Å². The first kappa shape index (κ1) is 23.3. The van der Waals surface area contributed by atoms with Crippen molar-refractivity contribution in [3.05, 3.63) is 35.5 Å². The van der Waals surface area contributed by atoms with E-state index in [0.717, 1.165) is 11.1 Å². The number of para-hydroxylation sites is 1. The van der Waals surface area contributed by atoms with Crippen LogP contribution in [0.15, 0.2) is 24.3 Å². The number of nitriles is 1. The molecule has 1 saturated carbocycles. The van der Waals surface area contributed by atoms with Crippen molar-refractivity contribution in [2.75, 3.05) is 6.54 Å². The number of nitrogens with zero attached hydrogens (tertiary/aromatic N) is 2. The summed E-state index contributed by atoms with van der Waals surface area (Å²) in [6, 6.07) is 5.88. The van der Waals surface area contributed by atoms with Gasteiger partial charge >= 0.3 is 0 Å². The molecular formula is C25H27F2N5O3. The zero-order valence-corrected chi connectivity index (χ0v) is 19.3. The van der Waals surface area contributed by atoms with Crippen LogP contribution in [0, 0.1) is 30.1 Å². The van der Waals surface area contributed by atoms with Gasteiger partial charge in [-0.2, -0.15) is 5.26 Å². The lowest BCUT2D eigenvalue weighted by Gasteiger charge is -2.53. The number of carbonyl (C=O) groups excluding carboxylic acids is 3. The third kappa shape index (κ3) is 4.03. The van der Waals surface area contributed by atoms with Gasteiger partial charge in [-0.05, 0) is 44.7 Å². The van der Waals surface area contributed by atoms with Crippen LogP contribution in [0.3, 0.4) is 0 Å². The number of piperidine rings is 2. The Morgan fingerprint density at radius 2 is 2.11 bits per heavy atom. The molecule has 5 unspecified atom stereocenters. The summed E-state index contributed by atoms with van der Waals surface area (Å²) in [7, 11) is 0. The van der Waals surface area contributed by atoms with Crippen LogP contribution in [0.1, 0.15) is 48.2 Å². The van der Waals surface area contributed by atoms with Crippen LogP contribution in [-0.2, 0) is 9.59 Å². The van der Waals surface area contributed by atoms with Crippen LogP contribution in [0.25, 0.3) is 10.9 Å². The predicted octanol–water partition coefficient (Wildman–Crippen LogP) is 2.64. The van der Waals surface area contributed by atoms with E-state index in [4.69, 9.17) is 0 Å². The van der Waals surface area contributed by atoms with Crippen LogP contribution in [0.4, 0.5) is 8.78 Å². The minimum atomic E-state index is -3.09. The van der Waals surface area contributed by atoms with Crippen LogP contribution >= 0.6 is 0 Å². The summed E-state index contributed by atoms with van der Waals surface area (Å²) in [5.74, 6) is -6.29. The molecule has 8 nitrogen and oxygen atoms in total. The maximum Gasteiger partial charge on any atom is 0.256 e. The molecule has 1 aromatic heterocycles. The highest BCUT2D eigenvalue weighted by Gasteiger charge is 2.60. The number of hydrogen-bond acceptors (Lipinski definition) is 4. The number of halogens is 2. The number of alkyl halides is 2. The number of hydrogen-bond donors (Lipinski definition) is 3. The molecule has 3 amide bonds. The van der Waals surface area contributed by atoms with E-state index in [1.165, 1.54) is 4.90 Å². The number of aryl methyl sites for hydroxylation is 1. The van der Waals surface area contributed by atoms with E-state index in [1.54, 1.807) is 12.1 Å². The summed E-state index contributed by atoms with van der Waals surface area (Å²) in [6.45, 7) is 2.36. The molecular weight excluding hydrogens is 456 g/mol. The lowest BCUT2D eigenvalue weighted by Crippen LogP contribution is -2.68. The van der Waals surface area contributed by atoms with Crippen molar-refractivity contribution in [1.82, 2.24) is 20.5 Å². The fourth-order valence-electron chi connectivity index (χ4n) is 5.97. The summed E-state index contributed by atoms with van der Waals surface area (Å²) in [6.07, 6.45) is 0.660. The zero-order chi connectivity index (χ0) is 24.9. The lowest BCUT2D eigenvalue weighted by atomic mass is 9.71. The second-order valence-electron chi connectivity index (χ2n) is 9.88. The van der Waals surface area contributed by atoms with Crippen LogP contribution in [0.5, 0.6) is 0 Å². The second-order valence-corrected chi connectivity index (χ2v) is 9.88. The molecule has 5 atom stereocenters. The lowest BCUT2D eigenvalue weighted by molar-refractivity contribution is -0.179.